The Bertz CT molecular complexity index is 693. The van der Waals surface area contributed by atoms with E-state index in [1.807, 2.05) is 0 Å². The van der Waals surface area contributed by atoms with Crippen LogP contribution in [0.2, 0.25) is 0 Å². The molecule has 0 spiro atoms. The lowest BCUT2D eigenvalue weighted by molar-refractivity contribution is -0.115. The molecular weight excluding hydrogens is 371 g/mol. The van der Waals surface area contributed by atoms with Crippen LogP contribution >= 0.6 is 27.7 Å². The standard InChI is InChI=1S/C14H14BrFN4OS/c1-7-5-12(17)20-14(18-7)22-8(2)13(21)19-11-4-3-9(15)6-10(11)16/h3-6,8H,1-2H3,(H,19,21)(H2,17,18,20)/t8-/m0/s1. The zero-order valence-corrected chi connectivity index (χ0v) is 14.3. The number of nitrogen functional groups attached to an aromatic ring is 1. The maximum atomic E-state index is 13.7. The van der Waals surface area contributed by atoms with Crippen molar-refractivity contribution in [2.24, 2.45) is 0 Å². The number of amides is 1. The average Bonchev–Trinajstić information content (AvgIpc) is 2.40. The lowest BCUT2D eigenvalue weighted by Gasteiger charge is -2.12. The molecule has 0 unspecified atom stereocenters. The van der Waals surface area contributed by atoms with Crippen LogP contribution in [0.5, 0.6) is 0 Å². The Morgan fingerprint density at radius 2 is 2.14 bits per heavy atom. The van der Waals surface area contributed by atoms with Gasteiger partial charge in [0.25, 0.3) is 0 Å². The van der Waals surface area contributed by atoms with Gasteiger partial charge in [0, 0.05) is 16.2 Å². The van der Waals surface area contributed by atoms with Gasteiger partial charge in [0.1, 0.15) is 11.6 Å². The second kappa shape index (κ2) is 7.06. The number of nitrogens with one attached hydrogen (secondary N) is 1. The number of halogens is 2. The van der Waals surface area contributed by atoms with E-state index in [-0.39, 0.29) is 11.6 Å². The van der Waals surface area contributed by atoms with Crippen molar-refractivity contribution in [3.63, 3.8) is 0 Å². The average molecular weight is 385 g/mol. The molecule has 2 aromatic rings. The fraction of sp³-hybridized carbons (Fsp3) is 0.214. The van der Waals surface area contributed by atoms with Crippen molar-refractivity contribution in [3.8, 4) is 0 Å². The van der Waals surface area contributed by atoms with Gasteiger partial charge in [-0.15, -0.1) is 0 Å². The third-order valence-corrected chi connectivity index (χ3v) is 4.15. The summed E-state index contributed by atoms with van der Waals surface area (Å²) in [5.41, 5.74) is 6.50. The van der Waals surface area contributed by atoms with E-state index >= 15 is 0 Å². The third kappa shape index (κ3) is 4.41. The summed E-state index contributed by atoms with van der Waals surface area (Å²) >= 11 is 4.33. The van der Waals surface area contributed by atoms with E-state index in [9.17, 15) is 9.18 Å². The maximum Gasteiger partial charge on any atom is 0.237 e. The summed E-state index contributed by atoms with van der Waals surface area (Å²) in [6.45, 7) is 3.49. The van der Waals surface area contributed by atoms with Crippen LogP contribution < -0.4 is 11.1 Å². The van der Waals surface area contributed by atoms with Crippen LogP contribution in [-0.4, -0.2) is 21.1 Å². The smallest absolute Gasteiger partial charge is 0.237 e. The van der Waals surface area contributed by atoms with Gasteiger partial charge < -0.3 is 11.1 Å². The first kappa shape index (κ1) is 16.7. The predicted octanol–water partition coefficient (Wildman–Crippen LogP) is 3.39. The second-order valence-corrected chi connectivity index (χ2v) is 6.81. The van der Waals surface area contributed by atoms with Crippen molar-refractivity contribution < 1.29 is 9.18 Å². The van der Waals surface area contributed by atoms with E-state index < -0.39 is 11.1 Å². The van der Waals surface area contributed by atoms with Crippen LogP contribution in [0.1, 0.15) is 12.6 Å². The van der Waals surface area contributed by atoms with E-state index in [0.717, 1.165) is 17.5 Å². The molecule has 0 aliphatic heterocycles. The highest BCUT2D eigenvalue weighted by Crippen LogP contribution is 2.24. The number of carbonyl (C=O) groups is 1. The Balaban J connectivity index is 2.05. The number of hydrogen-bond donors (Lipinski definition) is 2. The lowest BCUT2D eigenvalue weighted by atomic mass is 10.3. The molecule has 1 aromatic heterocycles. The fourth-order valence-corrected chi connectivity index (χ4v) is 2.82. The fourth-order valence-electron chi connectivity index (χ4n) is 1.65. The number of benzene rings is 1. The van der Waals surface area contributed by atoms with E-state index in [1.54, 1.807) is 26.0 Å². The van der Waals surface area contributed by atoms with Crippen molar-refractivity contribution >= 4 is 45.1 Å². The van der Waals surface area contributed by atoms with Crippen molar-refractivity contribution in [2.75, 3.05) is 11.1 Å². The number of rotatable bonds is 4. The molecule has 0 aliphatic rings. The molecular formula is C14H14BrFN4OS. The minimum atomic E-state index is -0.504. The molecule has 2 rings (SSSR count). The predicted molar refractivity (Wildman–Crippen MR) is 89.2 cm³/mol. The molecule has 116 valence electrons. The van der Waals surface area contributed by atoms with Crippen LogP contribution in [-0.2, 0) is 4.79 Å². The van der Waals surface area contributed by atoms with Crippen LogP contribution in [0.25, 0.3) is 0 Å². The molecule has 0 radical (unpaired) electrons. The van der Waals surface area contributed by atoms with Crippen LogP contribution in [0.4, 0.5) is 15.9 Å². The Kier molecular flexibility index (Phi) is 5.36. The van der Waals surface area contributed by atoms with Crippen LogP contribution in [0.15, 0.2) is 33.9 Å². The normalized spacial score (nSPS) is 12.0. The van der Waals surface area contributed by atoms with Gasteiger partial charge in [-0.1, -0.05) is 27.7 Å². The molecule has 0 bridgehead atoms. The zero-order chi connectivity index (χ0) is 16.3. The van der Waals surface area contributed by atoms with E-state index in [4.69, 9.17) is 5.73 Å². The summed E-state index contributed by atoms with van der Waals surface area (Å²) < 4.78 is 14.3. The maximum absolute atomic E-state index is 13.7. The highest BCUT2D eigenvalue weighted by molar-refractivity contribution is 9.10. The summed E-state index contributed by atoms with van der Waals surface area (Å²) in [6, 6.07) is 6.08. The molecule has 1 amide bonds. The van der Waals surface area contributed by atoms with Gasteiger partial charge >= 0.3 is 0 Å². The van der Waals surface area contributed by atoms with Crippen molar-refractivity contribution in [2.45, 2.75) is 24.3 Å². The number of aromatic nitrogens is 2. The van der Waals surface area contributed by atoms with E-state index in [0.29, 0.717) is 15.4 Å². The van der Waals surface area contributed by atoms with Crippen LogP contribution in [0.3, 0.4) is 0 Å². The Morgan fingerprint density at radius 3 is 2.77 bits per heavy atom. The van der Waals surface area contributed by atoms with Gasteiger partial charge in [0.05, 0.1) is 10.9 Å². The summed E-state index contributed by atoms with van der Waals surface area (Å²) in [5.74, 6) is -0.493. The first-order valence-electron chi connectivity index (χ1n) is 6.39. The second-order valence-electron chi connectivity index (χ2n) is 4.59. The molecule has 0 fully saturated rings. The quantitative estimate of drug-likeness (QED) is 0.623. The molecule has 5 nitrogen and oxygen atoms in total. The first-order valence-corrected chi connectivity index (χ1v) is 8.06. The third-order valence-electron chi connectivity index (χ3n) is 2.69. The zero-order valence-electron chi connectivity index (χ0n) is 11.9. The molecule has 0 saturated heterocycles. The minimum absolute atomic E-state index is 0.130. The van der Waals surface area contributed by atoms with Gasteiger partial charge in [-0.25, -0.2) is 14.4 Å². The molecule has 0 saturated carbocycles. The molecule has 22 heavy (non-hydrogen) atoms. The molecule has 3 N–H and O–H groups in total. The number of thioether (sulfide) groups is 1. The van der Waals surface area contributed by atoms with Gasteiger partial charge in [0.2, 0.25) is 5.91 Å². The number of carbonyl (C=O) groups excluding carboxylic acids is 1. The van der Waals surface area contributed by atoms with Crippen molar-refractivity contribution in [1.29, 1.82) is 0 Å². The first-order chi connectivity index (χ1) is 10.3. The number of nitrogens with two attached hydrogens (primary N) is 1. The van der Waals surface area contributed by atoms with Gasteiger partial charge in [-0.2, -0.15) is 0 Å². The molecule has 8 heteroatoms. The van der Waals surface area contributed by atoms with Crippen molar-refractivity contribution in [3.05, 3.63) is 40.2 Å². The minimum Gasteiger partial charge on any atom is -0.384 e. The van der Waals surface area contributed by atoms with Gasteiger partial charge in [-0.3, -0.25) is 4.79 Å². The largest absolute Gasteiger partial charge is 0.384 e. The topological polar surface area (TPSA) is 80.9 Å². The Morgan fingerprint density at radius 1 is 1.41 bits per heavy atom. The van der Waals surface area contributed by atoms with Gasteiger partial charge in [-0.05, 0) is 32.0 Å². The number of anilines is 2. The molecule has 1 atom stereocenters. The summed E-state index contributed by atoms with van der Waals surface area (Å²) in [7, 11) is 0. The number of nitrogens with zero attached hydrogens (tertiary/aromatic N) is 2. The summed E-state index contributed by atoms with van der Waals surface area (Å²) in [5, 5.41) is 2.46. The molecule has 1 aromatic carbocycles. The molecule has 0 aliphatic carbocycles. The molecule has 1 heterocycles. The Labute approximate surface area is 140 Å². The van der Waals surface area contributed by atoms with Crippen LogP contribution in [0, 0.1) is 12.7 Å². The highest BCUT2D eigenvalue weighted by atomic mass is 79.9. The summed E-state index contributed by atoms with van der Waals surface area (Å²) in [6.07, 6.45) is 0. The highest BCUT2D eigenvalue weighted by Gasteiger charge is 2.18. The lowest BCUT2D eigenvalue weighted by Crippen LogP contribution is -2.23. The van der Waals surface area contributed by atoms with Gasteiger partial charge in [0.15, 0.2) is 5.16 Å². The Hall–Kier alpha value is -1.67. The summed E-state index contributed by atoms with van der Waals surface area (Å²) in [4.78, 5) is 20.4. The van der Waals surface area contributed by atoms with E-state index in [1.165, 1.54) is 12.1 Å². The SMILES string of the molecule is Cc1cc(N)nc(S[C@@H](C)C(=O)Nc2ccc(Br)cc2F)n1. The monoisotopic (exact) mass is 384 g/mol. The van der Waals surface area contributed by atoms with Crippen molar-refractivity contribution in [1.82, 2.24) is 9.97 Å². The number of aryl methyl sites for hydroxylation is 1. The number of hydrogen-bond acceptors (Lipinski definition) is 5. The van der Waals surface area contributed by atoms with E-state index in [2.05, 4.69) is 31.2 Å².